The topological polar surface area (TPSA) is 66.8 Å². The summed E-state index contributed by atoms with van der Waals surface area (Å²) in [6.07, 6.45) is 0.873. The molecule has 1 rings (SSSR count). The van der Waals surface area contributed by atoms with Crippen molar-refractivity contribution in [3.05, 3.63) is 29.8 Å². The summed E-state index contributed by atoms with van der Waals surface area (Å²) in [5, 5.41) is 17.1. The number of aryl methyl sites for hydroxylation is 1. The normalized spacial score (nSPS) is 9.61. The highest BCUT2D eigenvalue weighted by Crippen LogP contribution is 2.11. The maximum absolute atomic E-state index is 11.0. The maximum atomic E-state index is 11.0. The average Bonchev–Trinajstić information content (AvgIpc) is 2.28. The van der Waals surface area contributed by atoms with Gasteiger partial charge in [0.25, 0.3) is 0 Å². The fourth-order valence-electron chi connectivity index (χ4n) is 1.14. The number of hydrogen-bond donors (Lipinski definition) is 2. The first-order valence-electron chi connectivity index (χ1n) is 6.07. The minimum Gasteiger partial charge on any atom is -0.508 e. The van der Waals surface area contributed by atoms with Crippen molar-refractivity contribution in [3.8, 4) is 5.75 Å². The maximum Gasteiger partial charge on any atom is 0.306 e. The van der Waals surface area contributed by atoms with Crippen LogP contribution in [0.15, 0.2) is 24.3 Å². The molecule has 102 valence electrons. The van der Waals surface area contributed by atoms with Gasteiger partial charge < -0.3 is 14.9 Å². The van der Waals surface area contributed by atoms with E-state index in [9.17, 15) is 4.79 Å². The van der Waals surface area contributed by atoms with Gasteiger partial charge in [-0.25, -0.2) is 0 Å². The van der Waals surface area contributed by atoms with Crippen molar-refractivity contribution in [2.45, 2.75) is 39.7 Å². The van der Waals surface area contributed by atoms with Gasteiger partial charge in [0.1, 0.15) is 5.75 Å². The van der Waals surface area contributed by atoms with Gasteiger partial charge >= 0.3 is 5.97 Å². The summed E-state index contributed by atoms with van der Waals surface area (Å²) in [6.45, 7) is 5.66. The molecule has 0 amide bonds. The van der Waals surface area contributed by atoms with Crippen molar-refractivity contribution in [1.82, 2.24) is 0 Å². The number of aliphatic hydroxyl groups is 1. The van der Waals surface area contributed by atoms with Gasteiger partial charge in [0.15, 0.2) is 0 Å². The van der Waals surface area contributed by atoms with Crippen molar-refractivity contribution < 1.29 is 19.7 Å². The van der Waals surface area contributed by atoms with Gasteiger partial charge in [0.05, 0.1) is 6.61 Å². The second-order valence-corrected chi connectivity index (χ2v) is 4.07. The van der Waals surface area contributed by atoms with Crippen molar-refractivity contribution in [1.29, 1.82) is 0 Å². The fourth-order valence-corrected chi connectivity index (χ4v) is 1.14. The Balaban J connectivity index is 0.000000631. The number of esters is 1. The molecule has 0 unspecified atom stereocenters. The summed E-state index contributed by atoms with van der Waals surface area (Å²) in [4.78, 5) is 11.0. The lowest BCUT2D eigenvalue weighted by Crippen LogP contribution is -2.04. The SMILES string of the molecule is CC(C)O.CCOC(=O)CCc1ccc(O)cc1. The van der Waals surface area contributed by atoms with Crippen LogP contribution in [0.5, 0.6) is 5.75 Å². The number of phenolic OH excluding ortho intramolecular Hbond substituents is 1. The van der Waals surface area contributed by atoms with Crippen LogP contribution in [0.2, 0.25) is 0 Å². The summed E-state index contributed by atoms with van der Waals surface area (Å²) < 4.78 is 4.80. The predicted octanol–water partition coefficient (Wildman–Crippen LogP) is 2.28. The Morgan fingerprint density at radius 2 is 1.78 bits per heavy atom. The van der Waals surface area contributed by atoms with Gasteiger partial charge in [-0.1, -0.05) is 12.1 Å². The van der Waals surface area contributed by atoms with E-state index in [0.29, 0.717) is 19.4 Å². The highest BCUT2D eigenvalue weighted by molar-refractivity contribution is 5.69. The molecule has 4 nitrogen and oxygen atoms in total. The summed E-state index contributed by atoms with van der Waals surface area (Å²) >= 11 is 0. The molecule has 0 aliphatic heterocycles. The first-order chi connectivity index (χ1) is 8.45. The third-order valence-corrected chi connectivity index (χ3v) is 1.86. The monoisotopic (exact) mass is 254 g/mol. The number of rotatable bonds is 4. The largest absolute Gasteiger partial charge is 0.508 e. The van der Waals surface area contributed by atoms with Crippen molar-refractivity contribution >= 4 is 5.97 Å². The van der Waals surface area contributed by atoms with Crippen LogP contribution in [0, 0.1) is 0 Å². The third kappa shape index (κ3) is 9.66. The molecule has 0 aliphatic rings. The molecule has 0 aliphatic carbocycles. The number of hydrogen-bond acceptors (Lipinski definition) is 4. The van der Waals surface area contributed by atoms with Crippen LogP contribution in [0.25, 0.3) is 0 Å². The zero-order valence-electron chi connectivity index (χ0n) is 11.2. The van der Waals surface area contributed by atoms with E-state index in [4.69, 9.17) is 14.9 Å². The first-order valence-corrected chi connectivity index (χ1v) is 6.07. The lowest BCUT2D eigenvalue weighted by molar-refractivity contribution is -0.143. The van der Waals surface area contributed by atoms with E-state index >= 15 is 0 Å². The average molecular weight is 254 g/mol. The lowest BCUT2D eigenvalue weighted by atomic mass is 10.1. The second-order valence-electron chi connectivity index (χ2n) is 4.07. The van der Waals surface area contributed by atoms with Gasteiger partial charge in [-0.15, -0.1) is 0 Å². The molecular formula is C14H22O4. The van der Waals surface area contributed by atoms with Crippen LogP contribution < -0.4 is 0 Å². The van der Waals surface area contributed by atoms with Crippen LogP contribution in [0.3, 0.4) is 0 Å². The van der Waals surface area contributed by atoms with Crippen molar-refractivity contribution in [3.63, 3.8) is 0 Å². The van der Waals surface area contributed by atoms with E-state index < -0.39 is 0 Å². The first kappa shape index (κ1) is 16.4. The minimum atomic E-state index is -0.180. The van der Waals surface area contributed by atoms with Gasteiger partial charge in [-0.3, -0.25) is 4.79 Å². The third-order valence-electron chi connectivity index (χ3n) is 1.86. The standard InChI is InChI=1S/C11H14O3.C3H8O/c1-2-14-11(13)8-5-9-3-6-10(12)7-4-9;1-3(2)4/h3-4,6-7,12H,2,5,8H2,1H3;3-4H,1-2H3. The van der Waals surface area contributed by atoms with Gasteiger partial charge in [-0.2, -0.15) is 0 Å². The molecule has 1 aromatic rings. The van der Waals surface area contributed by atoms with E-state index in [1.807, 2.05) is 0 Å². The molecule has 4 heteroatoms. The summed E-state index contributed by atoms with van der Waals surface area (Å²) in [5.74, 6) is 0.0606. The Kier molecular flexibility index (Phi) is 8.66. The molecule has 0 heterocycles. The molecule has 0 bridgehead atoms. The summed E-state index contributed by atoms with van der Waals surface area (Å²) in [7, 11) is 0. The Bertz CT molecular complexity index is 327. The molecule has 0 fully saturated rings. The van der Waals surface area contributed by atoms with Crippen LogP contribution in [-0.4, -0.2) is 28.9 Å². The van der Waals surface area contributed by atoms with E-state index in [2.05, 4.69) is 0 Å². The predicted molar refractivity (Wildman–Crippen MR) is 70.4 cm³/mol. The Morgan fingerprint density at radius 3 is 2.22 bits per heavy atom. The van der Waals surface area contributed by atoms with E-state index in [1.165, 1.54) is 0 Å². The number of phenols is 1. The summed E-state index contributed by atoms with van der Waals surface area (Å²) in [6, 6.07) is 6.82. The van der Waals surface area contributed by atoms with Crippen LogP contribution in [0.1, 0.15) is 32.8 Å². The molecule has 0 radical (unpaired) electrons. The van der Waals surface area contributed by atoms with E-state index in [0.717, 1.165) is 5.56 Å². The summed E-state index contributed by atoms with van der Waals surface area (Å²) in [5.41, 5.74) is 1.02. The smallest absolute Gasteiger partial charge is 0.306 e. The molecule has 18 heavy (non-hydrogen) atoms. The van der Waals surface area contributed by atoms with Gasteiger partial charge in [-0.05, 0) is 44.9 Å². The molecule has 0 spiro atoms. The molecule has 2 N–H and O–H groups in total. The van der Waals surface area contributed by atoms with Gasteiger partial charge in [0.2, 0.25) is 0 Å². The number of carbonyl (C=O) groups excluding carboxylic acids is 1. The highest BCUT2D eigenvalue weighted by Gasteiger charge is 2.01. The number of aliphatic hydroxyl groups excluding tert-OH is 1. The quantitative estimate of drug-likeness (QED) is 0.809. The minimum absolute atomic E-state index is 0.167. The number of aromatic hydroxyl groups is 1. The van der Waals surface area contributed by atoms with Crippen LogP contribution in [-0.2, 0) is 16.0 Å². The Hall–Kier alpha value is -1.55. The van der Waals surface area contributed by atoms with Crippen molar-refractivity contribution in [2.75, 3.05) is 6.61 Å². The molecule has 0 saturated heterocycles. The van der Waals surface area contributed by atoms with Crippen molar-refractivity contribution in [2.24, 2.45) is 0 Å². The zero-order valence-corrected chi connectivity index (χ0v) is 11.2. The van der Waals surface area contributed by atoms with E-state index in [-0.39, 0.29) is 17.8 Å². The van der Waals surface area contributed by atoms with Crippen LogP contribution >= 0.6 is 0 Å². The molecule has 1 aromatic carbocycles. The zero-order chi connectivity index (χ0) is 14.0. The second kappa shape index (κ2) is 9.48. The molecular weight excluding hydrogens is 232 g/mol. The number of ether oxygens (including phenoxy) is 1. The Labute approximate surface area is 108 Å². The Morgan fingerprint density at radius 1 is 1.28 bits per heavy atom. The number of carbonyl (C=O) groups is 1. The van der Waals surface area contributed by atoms with E-state index in [1.54, 1.807) is 45.0 Å². The molecule has 0 atom stereocenters. The van der Waals surface area contributed by atoms with Crippen LogP contribution in [0.4, 0.5) is 0 Å². The number of benzene rings is 1. The lowest BCUT2D eigenvalue weighted by Gasteiger charge is -2.02. The fraction of sp³-hybridized carbons (Fsp3) is 0.500. The molecule has 0 saturated carbocycles. The van der Waals surface area contributed by atoms with Gasteiger partial charge in [0, 0.05) is 12.5 Å². The highest BCUT2D eigenvalue weighted by atomic mass is 16.5. The molecule has 0 aromatic heterocycles.